The van der Waals surface area contributed by atoms with Gasteiger partial charge in [-0.15, -0.1) is 0 Å². The normalized spacial score (nSPS) is 27.2. The molecule has 0 radical (unpaired) electrons. The summed E-state index contributed by atoms with van der Waals surface area (Å²) in [7, 11) is 0. The summed E-state index contributed by atoms with van der Waals surface area (Å²) in [6, 6.07) is 0. The predicted molar refractivity (Wildman–Crippen MR) is 65.3 cm³/mol. The highest BCUT2D eigenvalue weighted by Gasteiger charge is 2.12. The zero-order valence-corrected chi connectivity index (χ0v) is 10.2. The van der Waals surface area contributed by atoms with E-state index in [1.54, 1.807) is 0 Å². The molecule has 2 rings (SSSR count). The van der Waals surface area contributed by atoms with Gasteiger partial charge in [-0.3, -0.25) is 0 Å². The van der Waals surface area contributed by atoms with E-state index in [9.17, 15) is 0 Å². The zero-order chi connectivity index (χ0) is 11.1. The molecule has 0 spiro atoms. The lowest BCUT2D eigenvalue weighted by atomic mass is 10.1. The molecule has 1 saturated carbocycles. The van der Waals surface area contributed by atoms with Crippen LogP contribution in [-0.4, -0.2) is 19.3 Å². The van der Waals surface area contributed by atoms with E-state index in [4.69, 9.17) is 9.47 Å². The molecule has 0 amide bonds. The van der Waals surface area contributed by atoms with Gasteiger partial charge in [0.15, 0.2) is 0 Å². The average molecular weight is 224 g/mol. The molecule has 2 aliphatic rings. The standard InChI is InChI=1S/C14H24O2/c1-2-6-10-16-14(9-3-1)12-15-11-13-7-4-5-8-13/h11,14H,1-10,12H2. The fourth-order valence-corrected chi connectivity index (χ4v) is 2.51. The Balaban J connectivity index is 1.65. The molecule has 16 heavy (non-hydrogen) atoms. The molecule has 0 aromatic heterocycles. The van der Waals surface area contributed by atoms with Crippen LogP contribution in [0.15, 0.2) is 11.8 Å². The van der Waals surface area contributed by atoms with E-state index in [0.29, 0.717) is 6.10 Å². The third-order valence-corrected chi connectivity index (χ3v) is 3.55. The molecule has 1 saturated heterocycles. The average Bonchev–Trinajstić information content (AvgIpc) is 2.73. The first-order chi connectivity index (χ1) is 7.95. The van der Waals surface area contributed by atoms with E-state index in [0.717, 1.165) is 13.2 Å². The van der Waals surface area contributed by atoms with Gasteiger partial charge < -0.3 is 9.47 Å². The molecule has 1 aliphatic heterocycles. The second kappa shape index (κ2) is 6.95. The fourth-order valence-electron chi connectivity index (χ4n) is 2.51. The molecule has 0 N–H and O–H groups in total. The van der Waals surface area contributed by atoms with Gasteiger partial charge in [0.05, 0.1) is 12.4 Å². The lowest BCUT2D eigenvalue weighted by Gasteiger charge is -2.20. The van der Waals surface area contributed by atoms with E-state index in [2.05, 4.69) is 0 Å². The van der Waals surface area contributed by atoms with E-state index in [-0.39, 0.29) is 0 Å². The second-order valence-corrected chi connectivity index (χ2v) is 5.01. The quantitative estimate of drug-likeness (QED) is 0.679. The topological polar surface area (TPSA) is 18.5 Å². The van der Waals surface area contributed by atoms with Gasteiger partial charge in [-0.1, -0.05) is 19.3 Å². The van der Waals surface area contributed by atoms with Crippen LogP contribution in [0.25, 0.3) is 0 Å². The molecule has 0 bridgehead atoms. The highest BCUT2D eigenvalue weighted by atomic mass is 16.5. The summed E-state index contributed by atoms with van der Waals surface area (Å²) < 4.78 is 11.5. The van der Waals surface area contributed by atoms with Crippen molar-refractivity contribution < 1.29 is 9.47 Å². The van der Waals surface area contributed by atoms with Gasteiger partial charge in [-0.05, 0) is 44.1 Å². The highest BCUT2D eigenvalue weighted by molar-refractivity contribution is 5.02. The van der Waals surface area contributed by atoms with Crippen LogP contribution < -0.4 is 0 Å². The van der Waals surface area contributed by atoms with Gasteiger partial charge in [0.2, 0.25) is 0 Å². The third kappa shape index (κ3) is 4.17. The minimum atomic E-state index is 0.332. The summed E-state index contributed by atoms with van der Waals surface area (Å²) in [5.41, 5.74) is 1.49. The van der Waals surface area contributed by atoms with Crippen LogP contribution in [0.5, 0.6) is 0 Å². The number of rotatable bonds is 3. The van der Waals surface area contributed by atoms with Crippen molar-refractivity contribution in [3.63, 3.8) is 0 Å². The minimum Gasteiger partial charge on any atom is -0.499 e. The highest BCUT2D eigenvalue weighted by Crippen LogP contribution is 2.23. The van der Waals surface area contributed by atoms with Crippen LogP contribution in [0.1, 0.15) is 57.8 Å². The van der Waals surface area contributed by atoms with Gasteiger partial charge in [-0.2, -0.15) is 0 Å². The molecule has 2 heteroatoms. The lowest BCUT2D eigenvalue weighted by Crippen LogP contribution is -2.21. The maximum Gasteiger partial charge on any atom is 0.113 e. The Morgan fingerprint density at radius 3 is 2.75 bits per heavy atom. The number of allylic oxidation sites excluding steroid dienone is 1. The Morgan fingerprint density at radius 2 is 1.88 bits per heavy atom. The van der Waals surface area contributed by atoms with E-state index in [1.807, 2.05) is 6.26 Å². The van der Waals surface area contributed by atoms with Crippen molar-refractivity contribution in [2.24, 2.45) is 0 Å². The second-order valence-electron chi connectivity index (χ2n) is 5.01. The van der Waals surface area contributed by atoms with Crippen LogP contribution in [0.4, 0.5) is 0 Å². The molecule has 1 unspecified atom stereocenters. The molecule has 2 fully saturated rings. The Kier molecular flexibility index (Phi) is 5.20. The Hall–Kier alpha value is -0.500. The molecule has 0 aromatic carbocycles. The summed E-state index contributed by atoms with van der Waals surface area (Å²) >= 11 is 0. The van der Waals surface area contributed by atoms with Gasteiger partial charge in [0.1, 0.15) is 6.61 Å². The van der Waals surface area contributed by atoms with Crippen molar-refractivity contribution in [2.75, 3.05) is 13.2 Å². The van der Waals surface area contributed by atoms with Crippen LogP contribution in [0, 0.1) is 0 Å². The molecular weight excluding hydrogens is 200 g/mol. The van der Waals surface area contributed by atoms with Crippen molar-refractivity contribution in [3.8, 4) is 0 Å². The summed E-state index contributed by atoms with van der Waals surface area (Å²) in [5.74, 6) is 0. The monoisotopic (exact) mass is 224 g/mol. The number of ether oxygens (including phenoxy) is 2. The van der Waals surface area contributed by atoms with Crippen molar-refractivity contribution in [1.82, 2.24) is 0 Å². The smallest absolute Gasteiger partial charge is 0.113 e. The maximum atomic E-state index is 5.79. The Morgan fingerprint density at radius 1 is 1.06 bits per heavy atom. The van der Waals surface area contributed by atoms with E-state index >= 15 is 0 Å². The summed E-state index contributed by atoms with van der Waals surface area (Å²) in [6.07, 6.45) is 13.9. The Bertz CT molecular complexity index is 207. The van der Waals surface area contributed by atoms with Crippen molar-refractivity contribution >= 4 is 0 Å². The van der Waals surface area contributed by atoms with Gasteiger partial charge in [0, 0.05) is 6.61 Å². The van der Waals surface area contributed by atoms with Crippen LogP contribution in [-0.2, 0) is 9.47 Å². The molecule has 92 valence electrons. The first-order valence-electron chi connectivity index (χ1n) is 6.86. The van der Waals surface area contributed by atoms with Gasteiger partial charge in [0.25, 0.3) is 0 Å². The third-order valence-electron chi connectivity index (χ3n) is 3.55. The summed E-state index contributed by atoms with van der Waals surface area (Å²) in [5, 5.41) is 0. The molecular formula is C14H24O2. The molecule has 1 atom stereocenters. The summed E-state index contributed by atoms with van der Waals surface area (Å²) in [6.45, 7) is 1.67. The maximum absolute atomic E-state index is 5.79. The van der Waals surface area contributed by atoms with Crippen LogP contribution in [0.2, 0.25) is 0 Å². The van der Waals surface area contributed by atoms with E-state index < -0.39 is 0 Å². The minimum absolute atomic E-state index is 0.332. The van der Waals surface area contributed by atoms with Crippen molar-refractivity contribution in [3.05, 3.63) is 11.8 Å². The van der Waals surface area contributed by atoms with E-state index in [1.165, 1.54) is 63.4 Å². The van der Waals surface area contributed by atoms with Crippen molar-refractivity contribution in [1.29, 1.82) is 0 Å². The summed E-state index contributed by atoms with van der Waals surface area (Å²) in [4.78, 5) is 0. The van der Waals surface area contributed by atoms with Crippen molar-refractivity contribution in [2.45, 2.75) is 63.9 Å². The van der Waals surface area contributed by atoms with Crippen LogP contribution in [0.3, 0.4) is 0 Å². The largest absolute Gasteiger partial charge is 0.499 e. The fraction of sp³-hybridized carbons (Fsp3) is 0.857. The SMILES string of the molecule is C(OCC1CCCCCCO1)=C1CCCC1. The number of hydrogen-bond donors (Lipinski definition) is 0. The van der Waals surface area contributed by atoms with Crippen LogP contribution >= 0.6 is 0 Å². The first kappa shape index (κ1) is 12.0. The first-order valence-corrected chi connectivity index (χ1v) is 6.86. The molecule has 0 aromatic rings. The van der Waals surface area contributed by atoms with Gasteiger partial charge >= 0.3 is 0 Å². The lowest BCUT2D eigenvalue weighted by molar-refractivity contribution is -0.00538. The molecule has 1 heterocycles. The number of hydrogen-bond acceptors (Lipinski definition) is 2. The Labute approximate surface area is 99.0 Å². The van der Waals surface area contributed by atoms with Gasteiger partial charge in [-0.25, -0.2) is 0 Å². The molecule has 1 aliphatic carbocycles. The predicted octanol–water partition coefficient (Wildman–Crippen LogP) is 3.81. The molecule has 2 nitrogen and oxygen atoms in total. The zero-order valence-electron chi connectivity index (χ0n) is 10.2.